The number of nitriles is 1. The van der Waals surface area contributed by atoms with Gasteiger partial charge in [0.15, 0.2) is 0 Å². The summed E-state index contributed by atoms with van der Waals surface area (Å²) in [6, 6.07) is 16.2. The van der Waals surface area contributed by atoms with Gasteiger partial charge < -0.3 is 4.90 Å². The van der Waals surface area contributed by atoms with Gasteiger partial charge in [-0.1, -0.05) is 18.2 Å². The van der Waals surface area contributed by atoms with Crippen molar-refractivity contribution >= 4 is 16.8 Å². The molecule has 1 N–H and O–H groups in total. The molecule has 1 fully saturated rings. The molecule has 1 aliphatic heterocycles. The molecule has 166 valence electrons. The lowest BCUT2D eigenvalue weighted by Crippen LogP contribution is -2.34. The molecule has 0 aliphatic carbocycles. The molecule has 0 bridgehead atoms. The minimum Gasteiger partial charge on any atom is -0.340 e. The van der Waals surface area contributed by atoms with Crippen LogP contribution < -0.4 is 0 Å². The van der Waals surface area contributed by atoms with E-state index in [2.05, 4.69) is 51.2 Å². The molecule has 1 amide bonds. The Morgan fingerprint density at radius 1 is 1.21 bits per heavy atom. The Hall–Kier alpha value is -3.92. The van der Waals surface area contributed by atoms with E-state index < -0.39 is 0 Å². The number of aryl methyl sites for hydroxylation is 1. The highest BCUT2D eigenvalue weighted by Gasteiger charge is 2.32. The van der Waals surface area contributed by atoms with Crippen LogP contribution in [0.2, 0.25) is 0 Å². The van der Waals surface area contributed by atoms with E-state index in [0.717, 1.165) is 47.1 Å². The van der Waals surface area contributed by atoms with Crippen molar-refractivity contribution in [2.45, 2.75) is 38.8 Å². The van der Waals surface area contributed by atoms with Crippen LogP contribution in [-0.4, -0.2) is 43.4 Å². The van der Waals surface area contributed by atoms with Crippen LogP contribution in [-0.2, 0) is 17.8 Å². The zero-order valence-corrected chi connectivity index (χ0v) is 18.6. The van der Waals surface area contributed by atoms with Crippen molar-refractivity contribution in [1.82, 2.24) is 24.9 Å². The summed E-state index contributed by atoms with van der Waals surface area (Å²) in [5, 5.41) is 21.7. The summed E-state index contributed by atoms with van der Waals surface area (Å²) in [5.74, 6) is 0.560. The van der Waals surface area contributed by atoms with Gasteiger partial charge in [0.1, 0.15) is 0 Å². The summed E-state index contributed by atoms with van der Waals surface area (Å²) in [7, 11) is 0. The minimum absolute atomic E-state index is 0.183. The van der Waals surface area contributed by atoms with Crippen LogP contribution in [0.4, 0.5) is 0 Å². The second-order valence-electron chi connectivity index (χ2n) is 8.90. The Balaban J connectivity index is 1.22. The van der Waals surface area contributed by atoms with Gasteiger partial charge in [0.2, 0.25) is 5.91 Å². The maximum Gasteiger partial charge on any atom is 0.223 e. The number of benzene rings is 2. The van der Waals surface area contributed by atoms with E-state index in [1.165, 1.54) is 0 Å². The van der Waals surface area contributed by atoms with Crippen LogP contribution in [0.1, 0.15) is 30.9 Å². The van der Waals surface area contributed by atoms with Gasteiger partial charge in [-0.05, 0) is 61.1 Å². The van der Waals surface area contributed by atoms with Gasteiger partial charge in [0, 0.05) is 42.7 Å². The van der Waals surface area contributed by atoms with E-state index in [1.54, 1.807) is 6.07 Å². The third-order valence-corrected chi connectivity index (χ3v) is 6.57. The first kappa shape index (κ1) is 21.0. The van der Waals surface area contributed by atoms with Gasteiger partial charge in [-0.25, -0.2) is 0 Å². The molecule has 0 radical (unpaired) electrons. The number of amides is 1. The number of H-pyrrole nitrogens is 1. The molecule has 33 heavy (non-hydrogen) atoms. The number of hydrogen-bond donors (Lipinski definition) is 1. The van der Waals surface area contributed by atoms with Crippen molar-refractivity contribution in [1.29, 1.82) is 5.26 Å². The molecule has 3 heterocycles. The quantitative estimate of drug-likeness (QED) is 0.489. The van der Waals surface area contributed by atoms with Crippen molar-refractivity contribution < 1.29 is 4.79 Å². The molecule has 5 rings (SSSR count). The Bertz CT molecular complexity index is 1320. The smallest absolute Gasteiger partial charge is 0.223 e. The standard InChI is InChI=1S/C26H26N6O/c1-18-9-21(16-31(18)26(33)8-5-19-3-2-4-20(10-19)12-27)17-32-25-7-6-22(11-23(25)15-30-32)24-13-28-29-14-24/h2-4,6-7,10-11,13-15,18,21H,5,8-9,16-17H2,1H3,(H,28,29)/t18-,21+/m1/s1. The first-order valence-electron chi connectivity index (χ1n) is 11.3. The van der Waals surface area contributed by atoms with Crippen LogP contribution in [0, 0.1) is 17.2 Å². The molecule has 0 spiro atoms. The lowest BCUT2D eigenvalue weighted by Gasteiger charge is -2.21. The number of aromatic nitrogens is 4. The van der Waals surface area contributed by atoms with E-state index in [1.807, 2.05) is 41.7 Å². The van der Waals surface area contributed by atoms with Gasteiger partial charge in [-0.15, -0.1) is 0 Å². The second kappa shape index (κ2) is 8.91. The fourth-order valence-corrected chi connectivity index (χ4v) is 4.88. The van der Waals surface area contributed by atoms with Crippen molar-refractivity contribution in [3.63, 3.8) is 0 Å². The van der Waals surface area contributed by atoms with Gasteiger partial charge in [-0.3, -0.25) is 14.6 Å². The zero-order valence-electron chi connectivity index (χ0n) is 18.6. The van der Waals surface area contributed by atoms with Crippen molar-refractivity contribution in [3.05, 3.63) is 72.2 Å². The average molecular weight is 439 g/mol. The summed E-state index contributed by atoms with van der Waals surface area (Å²) >= 11 is 0. The Labute approximate surface area is 192 Å². The van der Waals surface area contributed by atoms with Crippen LogP contribution in [0.5, 0.6) is 0 Å². The average Bonchev–Trinajstić information content (AvgIpc) is 3.58. The predicted molar refractivity (Wildman–Crippen MR) is 126 cm³/mol. The molecule has 7 heteroatoms. The highest BCUT2D eigenvalue weighted by molar-refractivity contribution is 5.84. The molecule has 4 aromatic rings. The molecule has 2 aromatic heterocycles. The summed E-state index contributed by atoms with van der Waals surface area (Å²) in [6.45, 7) is 3.69. The fourth-order valence-electron chi connectivity index (χ4n) is 4.88. The topological polar surface area (TPSA) is 90.6 Å². The van der Waals surface area contributed by atoms with Gasteiger partial charge in [0.25, 0.3) is 0 Å². The Kier molecular flexibility index (Phi) is 5.66. The molecule has 1 saturated heterocycles. The van der Waals surface area contributed by atoms with Crippen LogP contribution in [0.3, 0.4) is 0 Å². The lowest BCUT2D eigenvalue weighted by atomic mass is 10.1. The number of rotatable bonds is 6. The summed E-state index contributed by atoms with van der Waals surface area (Å²) in [6.07, 6.45) is 7.72. The van der Waals surface area contributed by atoms with E-state index in [0.29, 0.717) is 24.3 Å². The summed E-state index contributed by atoms with van der Waals surface area (Å²) in [4.78, 5) is 14.9. The lowest BCUT2D eigenvalue weighted by molar-refractivity contribution is -0.131. The number of nitrogens with one attached hydrogen (secondary N) is 1. The number of aromatic amines is 1. The molecule has 0 saturated carbocycles. The summed E-state index contributed by atoms with van der Waals surface area (Å²) < 4.78 is 2.06. The van der Waals surface area contributed by atoms with Crippen LogP contribution >= 0.6 is 0 Å². The zero-order chi connectivity index (χ0) is 22.8. The van der Waals surface area contributed by atoms with Crippen LogP contribution in [0.25, 0.3) is 22.0 Å². The summed E-state index contributed by atoms with van der Waals surface area (Å²) in [5.41, 5.74) is 4.95. The second-order valence-corrected chi connectivity index (χ2v) is 8.90. The molecular formula is C26H26N6O. The highest BCUT2D eigenvalue weighted by Crippen LogP contribution is 2.28. The predicted octanol–water partition coefficient (Wildman–Crippen LogP) is 4.17. The van der Waals surface area contributed by atoms with Crippen molar-refractivity contribution in [2.75, 3.05) is 6.54 Å². The Morgan fingerprint density at radius 2 is 2.12 bits per heavy atom. The van der Waals surface area contributed by atoms with Gasteiger partial charge >= 0.3 is 0 Å². The van der Waals surface area contributed by atoms with Crippen molar-refractivity contribution in [3.8, 4) is 17.2 Å². The largest absolute Gasteiger partial charge is 0.340 e. The maximum atomic E-state index is 12.9. The fraction of sp³-hybridized carbons (Fsp3) is 0.308. The number of carbonyl (C=O) groups is 1. The van der Waals surface area contributed by atoms with E-state index in [4.69, 9.17) is 5.26 Å². The molecule has 1 aliphatic rings. The van der Waals surface area contributed by atoms with E-state index >= 15 is 0 Å². The first-order valence-corrected chi connectivity index (χ1v) is 11.3. The molecule has 2 aromatic carbocycles. The molecule has 2 atom stereocenters. The molecule has 0 unspecified atom stereocenters. The third kappa shape index (κ3) is 4.37. The monoisotopic (exact) mass is 438 g/mol. The van der Waals surface area contributed by atoms with E-state index in [-0.39, 0.29) is 11.9 Å². The Morgan fingerprint density at radius 3 is 2.94 bits per heavy atom. The number of likely N-dealkylation sites (tertiary alicyclic amines) is 1. The number of nitrogens with zero attached hydrogens (tertiary/aromatic N) is 5. The van der Waals surface area contributed by atoms with Crippen molar-refractivity contribution in [2.24, 2.45) is 5.92 Å². The number of carbonyl (C=O) groups excluding carboxylic acids is 1. The molecular weight excluding hydrogens is 412 g/mol. The normalized spacial score (nSPS) is 18.0. The minimum atomic E-state index is 0.183. The molecule has 7 nitrogen and oxygen atoms in total. The van der Waals surface area contributed by atoms with E-state index in [9.17, 15) is 4.79 Å². The SMILES string of the molecule is C[C@@H]1C[C@H](Cn2ncc3cc(-c4cn[nH]c4)ccc32)CN1C(=O)CCc1cccc(C#N)c1. The highest BCUT2D eigenvalue weighted by atomic mass is 16.2. The van der Waals surface area contributed by atoms with Gasteiger partial charge in [0.05, 0.1) is 29.5 Å². The number of hydrogen-bond acceptors (Lipinski definition) is 4. The van der Waals surface area contributed by atoms with Gasteiger partial charge in [-0.2, -0.15) is 15.5 Å². The third-order valence-electron chi connectivity index (χ3n) is 6.57. The number of fused-ring (bicyclic) bond motifs is 1. The van der Waals surface area contributed by atoms with Crippen LogP contribution in [0.15, 0.2) is 61.1 Å². The first-order chi connectivity index (χ1) is 16.1. The maximum absolute atomic E-state index is 12.9.